The number of rotatable bonds is 8. The van der Waals surface area contributed by atoms with Gasteiger partial charge in [0.25, 0.3) is 10.0 Å². The first-order chi connectivity index (χ1) is 11.9. The van der Waals surface area contributed by atoms with Crippen LogP contribution in [0.3, 0.4) is 0 Å². The molecule has 2 aromatic heterocycles. The van der Waals surface area contributed by atoms with Crippen LogP contribution in [0, 0.1) is 0 Å². The highest BCUT2D eigenvalue weighted by Crippen LogP contribution is 2.24. The second-order valence-corrected chi connectivity index (χ2v) is 9.10. The van der Waals surface area contributed by atoms with E-state index in [9.17, 15) is 8.42 Å². The normalized spacial score (nSPS) is 12.1. The molecule has 7 nitrogen and oxygen atoms in total. The van der Waals surface area contributed by atoms with Crippen LogP contribution >= 0.6 is 35.3 Å². The highest BCUT2D eigenvalue weighted by molar-refractivity contribution is 14.0. The average Bonchev–Trinajstić information content (AvgIpc) is 3.24. The highest BCUT2D eigenvalue weighted by atomic mass is 127. The van der Waals surface area contributed by atoms with Gasteiger partial charge in [-0.1, -0.05) is 0 Å². The molecule has 0 unspecified atom stereocenters. The van der Waals surface area contributed by atoms with E-state index in [1.807, 2.05) is 37.5 Å². The topological polar surface area (TPSA) is 78.7 Å². The third-order valence-corrected chi connectivity index (χ3v) is 6.79. The molecule has 0 atom stereocenters. The summed E-state index contributed by atoms with van der Waals surface area (Å²) in [6, 6.07) is 7.44. The number of halogens is 1. The molecule has 2 N–H and O–H groups in total. The maximum atomic E-state index is 12.1. The van der Waals surface area contributed by atoms with Gasteiger partial charge in [0.05, 0.1) is 6.54 Å². The van der Waals surface area contributed by atoms with Crippen molar-refractivity contribution in [3.63, 3.8) is 0 Å². The third kappa shape index (κ3) is 6.56. The minimum absolute atomic E-state index is 0. The zero-order chi connectivity index (χ0) is 18.3. The number of nitrogens with zero attached hydrogens (tertiary/aromatic N) is 3. The molecule has 2 heterocycles. The van der Waals surface area contributed by atoms with E-state index in [1.54, 1.807) is 6.07 Å². The molecule has 0 spiro atoms. The Bertz CT molecular complexity index is 785. The summed E-state index contributed by atoms with van der Waals surface area (Å²) in [4.78, 5) is 5.44. The van der Waals surface area contributed by atoms with Gasteiger partial charge in [0.2, 0.25) is 0 Å². The van der Waals surface area contributed by atoms with E-state index in [1.165, 1.54) is 29.7 Å². The lowest BCUT2D eigenvalue weighted by Gasteiger charge is -2.11. The molecule has 0 aliphatic rings. The van der Waals surface area contributed by atoms with E-state index < -0.39 is 10.0 Å². The van der Waals surface area contributed by atoms with Crippen LogP contribution in [-0.2, 0) is 23.1 Å². The summed E-state index contributed by atoms with van der Waals surface area (Å²) in [5.74, 6) is 0.722. The van der Waals surface area contributed by atoms with Crippen LogP contribution < -0.4 is 10.6 Å². The predicted molar refractivity (Wildman–Crippen MR) is 118 cm³/mol. The first-order valence-corrected chi connectivity index (χ1v) is 10.3. The fraction of sp³-hybridized carbons (Fsp3) is 0.438. The number of sulfonamides is 1. The van der Waals surface area contributed by atoms with E-state index >= 15 is 0 Å². The van der Waals surface area contributed by atoms with Crippen molar-refractivity contribution in [3.05, 3.63) is 41.5 Å². The van der Waals surface area contributed by atoms with Crippen molar-refractivity contribution in [3.8, 4) is 0 Å². The number of hydrogen-bond acceptors (Lipinski definition) is 4. The van der Waals surface area contributed by atoms with E-state index in [2.05, 4.69) is 20.2 Å². The highest BCUT2D eigenvalue weighted by Gasteiger charge is 2.19. The molecule has 0 saturated heterocycles. The molecule has 146 valence electrons. The van der Waals surface area contributed by atoms with Gasteiger partial charge in [0, 0.05) is 51.0 Å². The molecule has 10 heteroatoms. The van der Waals surface area contributed by atoms with Crippen LogP contribution in [-0.4, -0.2) is 50.4 Å². The van der Waals surface area contributed by atoms with Gasteiger partial charge in [-0.25, -0.2) is 17.7 Å². The smallest absolute Gasteiger partial charge is 0.252 e. The summed E-state index contributed by atoms with van der Waals surface area (Å²) in [7, 11) is -0.310. The minimum atomic E-state index is -3.37. The van der Waals surface area contributed by atoms with Gasteiger partial charge >= 0.3 is 0 Å². The Morgan fingerprint density at radius 1 is 1.23 bits per heavy atom. The van der Waals surface area contributed by atoms with Gasteiger partial charge in [-0.2, -0.15) is 0 Å². The molecule has 0 radical (unpaired) electrons. The lowest BCUT2D eigenvalue weighted by Crippen LogP contribution is -2.38. The van der Waals surface area contributed by atoms with Gasteiger partial charge in [-0.3, -0.25) is 0 Å². The zero-order valence-electron chi connectivity index (χ0n) is 15.2. The van der Waals surface area contributed by atoms with Crippen LogP contribution in [0.5, 0.6) is 0 Å². The summed E-state index contributed by atoms with van der Waals surface area (Å²) in [6.07, 6.45) is 4.04. The molecule has 2 rings (SSSR count). The summed E-state index contributed by atoms with van der Waals surface area (Å²) >= 11 is 1.25. The molecular formula is C16H26IN5O2S2. The number of nitrogens with one attached hydrogen (secondary N) is 2. The molecule has 0 fully saturated rings. The standard InChI is InChI=1S/C16H25N5O2S2.HI/c1-4-17-16(18-9-12-21-10-5-6-11-21)19-13-14-7-8-15(24-14)25(22,23)20(2)3;/h5-8,10-11H,4,9,12-13H2,1-3H3,(H2,17,18,19);1H. The Labute approximate surface area is 176 Å². The molecule has 0 amide bonds. The van der Waals surface area contributed by atoms with Crippen molar-refractivity contribution in [2.24, 2.45) is 4.99 Å². The second-order valence-electron chi connectivity index (χ2n) is 5.55. The monoisotopic (exact) mass is 511 g/mol. The molecular weight excluding hydrogens is 485 g/mol. The molecule has 0 aliphatic carbocycles. The van der Waals surface area contributed by atoms with Gasteiger partial charge in [0.1, 0.15) is 4.21 Å². The lowest BCUT2D eigenvalue weighted by molar-refractivity contribution is 0.523. The van der Waals surface area contributed by atoms with Gasteiger partial charge in [-0.05, 0) is 31.2 Å². The summed E-state index contributed by atoms with van der Waals surface area (Å²) in [5, 5.41) is 6.48. The lowest BCUT2D eigenvalue weighted by atomic mass is 10.5. The molecule has 0 aromatic carbocycles. The fourth-order valence-electron chi connectivity index (χ4n) is 2.08. The Morgan fingerprint density at radius 3 is 2.54 bits per heavy atom. The van der Waals surface area contributed by atoms with E-state index in [-0.39, 0.29) is 24.0 Å². The molecule has 0 saturated carbocycles. The Hall–Kier alpha value is -1.11. The first-order valence-electron chi connectivity index (χ1n) is 8.07. The number of hydrogen-bond donors (Lipinski definition) is 2. The largest absolute Gasteiger partial charge is 0.357 e. The Balaban J connectivity index is 0.00000338. The SMILES string of the molecule is CCNC(=NCc1ccc(S(=O)(=O)N(C)C)s1)NCCn1cccc1.I. The molecule has 26 heavy (non-hydrogen) atoms. The van der Waals surface area contributed by atoms with E-state index in [0.29, 0.717) is 10.8 Å². The van der Waals surface area contributed by atoms with Crippen molar-refractivity contribution in [2.75, 3.05) is 27.2 Å². The van der Waals surface area contributed by atoms with Crippen LogP contribution in [0.2, 0.25) is 0 Å². The maximum absolute atomic E-state index is 12.1. The third-order valence-electron chi connectivity index (χ3n) is 3.44. The number of guanidine groups is 1. The Morgan fingerprint density at radius 2 is 1.92 bits per heavy atom. The number of thiophene rings is 1. The molecule has 2 aromatic rings. The van der Waals surface area contributed by atoms with Crippen LogP contribution in [0.4, 0.5) is 0 Å². The maximum Gasteiger partial charge on any atom is 0.252 e. The predicted octanol–water partition coefficient (Wildman–Crippen LogP) is 2.17. The Kier molecular flexibility index (Phi) is 9.61. The fourth-order valence-corrected chi connectivity index (χ4v) is 4.53. The van der Waals surface area contributed by atoms with Crippen LogP contribution in [0.25, 0.3) is 0 Å². The van der Waals surface area contributed by atoms with Crippen molar-refractivity contribution >= 4 is 51.3 Å². The first kappa shape index (κ1) is 22.9. The number of aliphatic imine (C=N–C) groups is 1. The van der Waals surface area contributed by atoms with Crippen molar-refractivity contribution in [1.29, 1.82) is 0 Å². The summed E-state index contributed by atoms with van der Waals surface area (Å²) < 4.78 is 27.9. The van der Waals surface area contributed by atoms with E-state index in [0.717, 1.165) is 30.5 Å². The van der Waals surface area contributed by atoms with Gasteiger partial charge in [-0.15, -0.1) is 35.3 Å². The molecule has 0 bridgehead atoms. The summed E-state index contributed by atoms with van der Waals surface area (Å²) in [6.45, 7) is 4.81. The van der Waals surface area contributed by atoms with Crippen LogP contribution in [0.1, 0.15) is 11.8 Å². The summed E-state index contributed by atoms with van der Waals surface area (Å²) in [5.41, 5.74) is 0. The average molecular weight is 511 g/mol. The number of aromatic nitrogens is 1. The minimum Gasteiger partial charge on any atom is -0.357 e. The van der Waals surface area contributed by atoms with Crippen molar-refractivity contribution < 1.29 is 8.42 Å². The zero-order valence-corrected chi connectivity index (χ0v) is 19.1. The van der Waals surface area contributed by atoms with Gasteiger partial charge < -0.3 is 15.2 Å². The van der Waals surface area contributed by atoms with E-state index in [4.69, 9.17) is 0 Å². The van der Waals surface area contributed by atoms with Gasteiger partial charge in [0.15, 0.2) is 5.96 Å². The van der Waals surface area contributed by atoms with Crippen molar-refractivity contribution in [2.45, 2.75) is 24.2 Å². The second kappa shape index (κ2) is 10.9. The van der Waals surface area contributed by atoms with Crippen LogP contribution in [0.15, 0.2) is 45.9 Å². The quantitative estimate of drug-likeness (QED) is 0.324. The molecule has 0 aliphatic heterocycles. The van der Waals surface area contributed by atoms with Crippen molar-refractivity contribution in [1.82, 2.24) is 19.5 Å².